The van der Waals surface area contributed by atoms with Gasteiger partial charge in [-0.05, 0) is 29.8 Å². The highest BCUT2D eigenvalue weighted by molar-refractivity contribution is 6.33. The van der Waals surface area contributed by atoms with Crippen LogP contribution in [0.5, 0.6) is 0 Å². The van der Waals surface area contributed by atoms with E-state index in [2.05, 4.69) is 20.6 Å². The summed E-state index contributed by atoms with van der Waals surface area (Å²) in [6, 6.07) is 16.8. The second kappa shape index (κ2) is 9.11. The molecule has 9 heteroatoms. The van der Waals surface area contributed by atoms with Gasteiger partial charge in [0, 0.05) is 23.6 Å². The van der Waals surface area contributed by atoms with Gasteiger partial charge in [0.15, 0.2) is 0 Å². The maximum atomic E-state index is 12.5. The second-order valence-electron chi connectivity index (χ2n) is 6.52. The van der Waals surface area contributed by atoms with Crippen molar-refractivity contribution in [2.24, 2.45) is 0 Å². The average molecular weight is 442 g/mol. The van der Waals surface area contributed by atoms with E-state index in [4.69, 9.17) is 27.7 Å². The van der Waals surface area contributed by atoms with Crippen LogP contribution in [0.3, 0.4) is 0 Å². The van der Waals surface area contributed by atoms with Gasteiger partial charge in [0.05, 0.1) is 18.4 Å². The lowest BCUT2D eigenvalue weighted by atomic mass is 10.2. The van der Waals surface area contributed by atoms with Crippen molar-refractivity contribution in [1.29, 1.82) is 0 Å². The summed E-state index contributed by atoms with van der Waals surface area (Å²) in [7, 11) is 0. The number of nitrogens with one attached hydrogen (secondary N) is 1. The van der Waals surface area contributed by atoms with Crippen LogP contribution in [0.1, 0.15) is 11.5 Å². The molecule has 0 bridgehead atoms. The Kier molecular flexibility index (Phi) is 6.11. The van der Waals surface area contributed by atoms with Crippen LogP contribution in [0, 0.1) is 0 Å². The summed E-state index contributed by atoms with van der Waals surface area (Å²) in [5.41, 5.74) is 1.89. The lowest BCUT2D eigenvalue weighted by Gasteiger charge is -2.09. The quantitative estimate of drug-likeness (QED) is 0.459. The smallest absolute Gasteiger partial charge is 0.287 e. The maximum Gasteiger partial charge on any atom is 0.287 e. The highest BCUT2D eigenvalue weighted by Crippen LogP contribution is 2.19. The number of aromatic nitrogens is 4. The number of nitrogens with zero attached hydrogens (tertiary/aromatic N) is 4. The van der Waals surface area contributed by atoms with Crippen molar-refractivity contribution in [1.82, 2.24) is 19.9 Å². The fraction of sp³-hybridized carbons (Fsp3) is 0.143. The molecule has 0 aliphatic carbocycles. The number of hydrogen-bond donors (Lipinski definition) is 1. The second-order valence-corrected chi connectivity index (χ2v) is 7.33. The molecule has 0 radical (unpaired) electrons. The number of anilines is 1. The van der Waals surface area contributed by atoms with Crippen LogP contribution in [-0.2, 0) is 13.0 Å². The molecule has 4 aromatic rings. The third-order valence-corrected chi connectivity index (χ3v) is 5.00. The van der Waals surface area contributed by atoms with Gasteiger partial charge in [-0.1, -0.05) is 58.7 Å². The van der Waals surface area contributed by atoms with Gasteiger partial charge in [-0.15, -0.1) is 0 Å². The summed E-state index contributed by atoms with van der Waals surface area (Å²) >= 11 is 12.1. The summed E-state index contributed by atoms with van der Waals surface area (Å²) < 4.78 is 6.61. The van der Waals surface area contributed by atoms with Crippen LogP contribution in [0.25, 0.3) is 11.4 Å². The lowest BCUT2D eigenvalue weighted by Crippen LogP contribution is -2.25. The molecule has 30 heavy (non-hydrogen) atoms. The molecule has 0 fully saturated rings. The van der Waals surface area contributed by atoms with Crippen LogP contribution < -0.4 is 10.9 Å². The first-order valence-electron chi connectivity index (χ1n) is 9.22. The zero-order valence-electron chi connectivity index (χ0n) is 15.8. The Morgan fingerprint density at radius 1 is 1.03 bits per heavy atom. The third kappa shape index (κ3) is 4.69. The molecule has 152 valence electrons. The van der Waals surface area contributed by atoms with Gasteiger partial charge in [0.2, 0.25) is 11.7 Å². The minimum atomic E-state index is -0.353. The molecular weight excluding hydrogens is 425 g/mol. The minimum absolute atomic E-state index is 0.0910. The first-order valence-corrected chi connectivity index (χ1v) is 9.97. The van der Waals surface area contributed by atoms with Crippen molar-refractivity contribution in [2.75, 3.05) is 11.9 Å². The molecule has 2 aromatic carbocycles. The molecule has 0 amide bonds. The van der Waals surface area contributed by atoms with Crippen molar-refractivity contribution in [3.63, 3.8) is 0 Å². The molecule has 2 aromatic heterocycles. The van der Waals surface area contributed by atoms with E-state index in [0.717, 1.165) is 11.1 Å². The molecule has 0 saturated heterocycles. The van der Waals surface area contributed by atoms with Gasteiger partial charge in [0.25, 0.3) is 5.56 Å². The Morgan fingerprint density at radius 3 is 2.57 bits per heavy atom. The molecule has 7 nitrogen and oxygen atoms in total. The van der Waals surface area contributed by atoms with Gasteiger partial charge in [0.1, 0.15) is 5.02 Å². The van der Waals surface area contributed by atoms with Crippen molar-refractivity contribution < 1.29 is 4.52 Å². The van der Waals surface area contributed by atoms with Gasteiger partial charge in [-0.25, -0.2) is 4.68 Å². The van der Waals surface area contributed by atoms with E-state index in [1.54, 1.807) is 18.3 Å². The molecule has 4 rings (SSSR count). The predicted octanol–water partition coefficient (Wildman–Crippen LogP) is 4.30. The maximum absolute atomic E-state index is 12.5. The molecule has 0 unspecified atom stereocenters. The van der Waals surface area contributed by atoms with Crippen molar-refractivity contribution in [2.45, 2.75) is 13.0 Å². The fourth-order valence-corrected chi connectivity index (χ4v) is 3.17. The summed E-state index contributed by atoms with van der Waals surface area (Å²) in [6.07, 6.45) is 2.00. The van der Waals surface area contributed by atoms with E-state index >= 15 is 0 Å². The molecule has 2 heterocycles. The molecule has 0 saturated carbocycles. The number of halogens is 2. The van der Waals surface area contributed by atoms with E-state index in [1.807, 2.05) is 42.5 Å². The molecule has 1 N–H and O–H groups in total. The summed E-state index contributed by atoms with van der Waals surface area (Å²) in [5.74, 6) is 0.957. The van der Waals surface area contributed by atoms with Crippen LogP contribution >= 0.6 is 23.2 Å². The Balaban J connectivity index is 1.38. The first kappa shape index (κ1) is 20.1. The zero-order valence-corrected chi connectivity index (χ0v) is 17.3. The summed E-state index contributed by atoms with van der Waals surface area (Å²) in [4.78, 5) is 16.9. The van der Waals surface area contributed by atoms with E-state index in [0.29, 0.717) is 41.9 Å². The van der Waals surface area contributed by atoms with Crippen molar-refractivity contribution in [3.05, 3.63) is 92.6 Å². The standard InChI is InChI=1S/C21H17Cl2N5O2/c22-16-8-6-15(7-9-16)20-26-18(30-27-20)10-11-24-17-12-25-28(21(29)19(17)23)13-14-4-2-1-3-5-14/h1-9,12,24H,10-11,13H2. The van der Waals surface area contributed by atoms with E-state index < -0.39 is 0 Å². The van der Waals surface area contributed by atoms with E-state index in [-0.39, 0.29) is 10.6 Å². The molecule has 0 aliphatic rings. The molecular formula is C21H17Cl2N5O2. The van der Waals surface area contributed by atoms with E-state index in [9.17, 15) is 4.79 Å². The highest BCUT2D eigenvalue weighted by Gasteiger charge is 2.11. The van der Waals surface area contributed by atoms with Gasteiger partial charge in [-0.2, -0.15) is 10.1 Å². The Hall–Kier alpha value is -3.16. The highest BCUT2D eigenvalue weighted by atomic mass is 35.5. The van der Waals surface area contributed by atoms with Gasteiger partial charge in [-0.3, -0.25) is 4.79 Å². The normalized spacial score (nSPS) is 10.9. The Labute approximate surface area is 182 Å². The minimum Gasteiger partial charge on any atom is -0.382 e. The van der Waals surface area contributed by atoms with Crippen LogP contribution in [0.2, 0.25) is 10.0 Å². The largest absolute Gasteiger partial charge is 0.382 e. The average Bonchev–Trinajstić information content (AvgIpc) is 3.23. The fourth-order valence-electron chi connectivity index (χ4n) is 2.83. The monoisotopic (exact) mass is 441 g/mol. The number of benzene rings is 2. The SMILES string of the molecule is O=c1c(Cl)c(NCCc2nc(-c3ccc(Cl)cc3)no2)cnn1Cc1ccccc1. The summed E-state index contributed by atoms with van der Waals surface area (Å²) in [5, 5.41) is 12.0. The number of hydrogen-bond acceptors (Lipinski definition) is 6. The van der Waals surface area contributed by atoms with Crippen LogP contribution in [0.15, 0.2) is 70.1 Å². The zero-order chi connectivity index (χ0) is 20.9. The van der Waals surface area contributed by atoms with Crippen molar-refractivity contribution in [3.8, 4) is 11.4 Å². The van der Waals surface area contributed by atoms with Crippen LogP contribution in [0.4, 0.5) is 5.69 Å². The number of rotatable bonds is 7. The lowest BCUT2D eigenvalue weighted by molar-refractivity contribution is 0.381. The predicted molar refractivity (Wildman–Crippen MR) is 116 cm³/mol. The molecule has 0 spiro atoms. The first-order chi connectivity index (χ1) is 14.6. The topological polar surface area (TPSA) is 85.8 Å². The Morgan fingerprint density at radius 2 is 1.80 bits per heavy atom. The summed E-state index contributed by atoms with van der Waals surface area (Å²) in [6.45, 7) is 0.806. The Bertz CT molecular complexity index is 1190. The van der Waals surface area contributed by atoms with E-state index in [1.165, 1.54) is 4.68 Å². The van der Waals surface area contributed by atoms with Crippen molar-refractivity contribution >= 4 is 28.9 Å². The van der Waals surface area contributed by atoms with Gasteiger partial charge >= 0.3 is 0 Å². The molecule has 0 aliphatic heterocycles. The van der Waals surface area contributed by atoms with Crippen LogP contribution in [-0.4, -0.2) is 26.5 Å². The molecule has 0 atom stereocenters. The third-order valence-electron chi connectivity index (χ3n) is 4.38. The van der Waals surface area contributed by atoms with Gasteiger partial charge < -0.3 is 9.84 Å².